The maximum atomic E-state index is 13.3. The lowest BCUT2D eigenvalue weighted by molar-refractivity contribution is -0.0715. The highest BCUT2D eigenvalue weighted by Gasteiger charge is 2.41. The van der Waals surface area contributed by atoms with Gasteiger partial charge in [0.25, 0.3) is 0 Å². The molecule has 0 aromatic heterocycles. The molecule has 1 saturated heterocycles. The Labute approximate surface area is 121 Å². The maximum absolute atomic E-state index is 13.3. The van der Waals surface area contributed by atoms with Crippen LogP contribution in [0.25, 0.3) is 0 Å². The summed E-state index contributed by atoms with van der Waals surface area (Å²) in [4.78, 5) is 2.47. The molecular weight excluding hydrogens is 311 g/mol. The van der Waals surface area contributed by atoms with E-state index in [1.165, 1.54) is 25.0 Å². The Bertz CT molecular complexity index is 467. The summed E-state index contributed by atoms with van der Waals surface area (Å²) in [5, 5.41) is 0. The van der Waals surface area contributed by atoms with Crippen molar-refractivity contribution in [1.29, 1.82) is 0 Å². The topological polar surface area (TPSA) is 38.5 Å². The number of halogens is 2. The highest BCUT2D eigenvalue weighted by atomic mass is 79.9. The zero-order chi connectivity index (χ0) is 13.4. The summed E-state index contributed by atoms with van der Waals surface area (Å²) < 4.78 is 19.9. The maximum Gasteiger partial charge on any atom is 0.124 e. The second-order valence-electron chi connectivity index (χ2n) is 5.22. The van der Waals surface area contributed by atoms with Gasteiger partial charge in [-0.2, -0.15) is 0 Å². The third-order valence-corrected chi connectivity index (χ3v) is 4.61. The second kappa shape index (κ2) is 5.48. The molecule has 5 heteroatoms. The largest absolute Gasteiger partial charge is 0.374 e. The summed E-state index contributed by atoms with van der Waals surface area (Å²) in [5.74, 6) is -0.227. The zero-order valence-corrected chi connectivity index (χ0v) is 12.3. The van der Waals surface area contributed by atoms with E-state index in [0.29, 0.717) is 12.6 Å². The summed E-state index contributed by atoms with van der Waals surface area (Å²) in [6, 6.07) is 5.63. The monoisotopic (exact) mass is 328 g/mol. The van der Waals surface area contributed by atoms with Gasteiger partial charge in [-0.05, 0) is 30.5 Å². The lowest BCUT2D eigenvalue weighted by atomic mass is 9.97. The first-order chi connectivity index (χ1) is 9.20. The predicted molar refractivity (Wildman–Crippen MR) is 75.4 cm³/mol. The van der Waals surface area contributed by atoms with E-state index in [4.69, 9.17) is 10.5 Å². The van der Waals surface area contributed by atoms with E-state index in [1.54, 1.807) is 0 Å². The molecule has 2 unspecified atom stereocenters. The zero-order valence-electron chi connectivity index (χ0n) is 10.7. The van der Waals surface area contributed by atoms with E-state index in [0.717, 1.165) is 23.2 Å². The number of benzene rings is 1. The van der Waals surface area contributed by atoms with E-state index in [-0.39, 0.29) is 18.0 Å². The summed E-state index contributed by atoms with van der Waals surface area (Å²) in [6.45, 7) is 2.14. The number of rotatable bonds is 3. The van der Waals surface area contributed by atoms with E-state index in [2.05, 4.69) is 20.8 Å². The van der Waals surface area contributed by atoms with Crippen LogP contribution in [0.5, 0.6) is 0 Å². The minimum absolute atomic E-state index is 0.0175. The van der Waals surface area contributed by atoms with Crippen LogP contribution in [-0.2, 0) is 4.74 Å². The minimum Gasteiger partial charge on any atom is -0.374 e. The van der Waals surface area contributed by atoms with Gasteiger partial charge in [0.2, 0.25) is 0 Å². The van der Waals surface area contributed by atoms with Gasteiger partial charge in [-0.15, -0.1) is 0 Å². The van der Waals surface area contributed by atoms with Gasteiger partial charge in [0.05, 0.1) is 18.8 Å². The Hall–Kier alpha value is -0.490. The first-order valence-electron chi connectivity index (χ1n) is 6.73. The molecule has 2 fully saturated rings. The van der Waals surface area contributed by atoms with Crippen molar-refractivity contribution in [3.8, 4) is 0 Å². The number of morpholine rings is 1. The smallest absolute Gasteiger partial charge is 0.124 e. The van der Waals surface area contributed by atoms with Crippen molar-refractivity contribution in [1.82, 2.24) is 4.90 Å². The molecule has 0 radical (unpaired) electrons. The molecule has 1 aromatic rings. The van der Waals surface area contributed by atoms with Crippen molar-refractivity contribution in [2.24, 2.45) is 5.73 Å². The van der Waals surface area contributed by atoms with Gasteiger partial charge in [-0.3, -0.25) is 4.90 Å². The van der Waals surface area contributed by atoms with Crippen molar-refractivity contribution < 1.29 is 9.13 Å². The van der Waals surface area contributed by atoms with Gasteiger partial charge in [0.1, 0.15) is 5.82 Å². The molecule has 3 rings (SSSR count). The molecule has 19 heavy (non-hydrogen) atoms. The van der Waals surface area contributed by atoms with Crippen molar-refractivity contribution in [2.75, 3.05) is 19.7 Å². The number of nitrogens with zero attached hydrogens (tertiary/aromatic N) is 1. The molecule has 0 bridgehead atoms. The van der Waals surface area contributed by atoms with Gasteiger partial charge >= 0.3 is 0 Å². The van der Waals surface area contributed by atoms with Gasteiger partial charge in [0.15, 0.2) is 0 Å². The van der Waals surface area contributed by atoms with Crippen LogP contribution in [0.3, 0.4) is 0 Å². The SMILES string of the molecule is NCC1OCCN(C2CC2)C1c1ccc(F)cc1Br. The fourth-order valence-electron chi connectivity index (χ4n) is 2.89. The van der Waals surface area contributed by atoms with Crippen LogP contribution in [0.4, 0.5) is 4.39 Å². The first kappa shape index (κ1) is 13.5. The highest BCUT2D eigenvalue weighted by molar-refractivity contribution is 9.10. The molecule has 2 aliphatic rings. The van der Waals surface area contributed by atoms with E-state index in [9.17, 15) is 4.39 Å². The molecule has 1 aliphatic heterocycles. The third-order valence-electron chi connectivity index (χ3n) is 3.92. The molecule has 2 N–H and O–H groups in total. The van der Waals surface area contributed by atoms with Crippen molar-refractivity contribution in [3.05, 3.63) is 34.1 Å². The summed E-state index contributed by atoms with van der Waals surface area (Å²) >= 11 is 3.47. The van der Waals surface area contributed by atoms with Crippen LogP contribution in [0.1, 0.15) is 24.4 Å². The lowest BCUT2D eigenvalue weighted by Crippen LogP contribution is -2.49. The average Bonchev–Trinajstić information content (AvgIpc) is 3.22. The fraction of sp³-hybridized carbons (Fsp3) is 0.571. The summed E-state index contributed by atoms with van der Waals surface area (Å²) in [5.41, 5.74) is 6.93. The molecule has 0 spiro atoms. The first-order valence-corrected chi connectivity index (χ1v) is 7.52. The van der Waals surface area contributed by atoms with Gasteiger partial charge in [-0.1, -0.05) is 22.0 Å². The van der Waals surface area contributed by atoms with Gasteiger partial charge < -0.3 is 10.5 Å². The molecular formula is C14H18BrFN2O. The molecule has 1 heterocycles. The minimum atomic E-state index is -0.227. The van der Waals surface area contributed by atoms with Crippen LogP contribution in [0.2, 0.25) is 0 Å². The van der Waals surface area contributed by atoms with Crippen molar-refractivity contribution >= 4 is 15.9 Å². The van der Waals surface area contributed by atoms with Crippen molar-refractivity contribution in [2.45, 2.75) is 31.0 Å². The van der Waals surface area contributed by atoms with Gasteiger partial charge in [0, 0.05) is 23.6 Å². The fourth-order valence-corrected chi connectivity index (χ4v) is 3.47. The number of ether oxygens (including phenoxy) is 1. The lowest BCUT2D eigenvalue weighted by Gasteiger charge is -2.41. The number of nitrogens with two attached hydrogens (primary N) is 1. The third kappa shape index (κ3) is 2.70. The predicted octanol–water partition coefficient (Wildman–Crippen LogP) is 2.45. The average molecular weight is 329 g/mol. The van der Waals surface area contributed by atoms with E-state index < -0.39 is 0 Å². The van der Waals surface area contributed by atoms with Crippen LogP contribution < -0.4 is 5.73 Å². The number of hydrogen-bond acceptors (Lipinski definition) is 3. The van der Waals surface area contributed by atoms with Gasteiger partial charge in [-0.25, -0.2) is 4.39 Å². The Morgan fingerprint density at radius 3 is 2.84 bits per heavy atom. The van der Waals surface area contributed by atoms with E-state index in [1.807, 2.05) is 6.07 Å². The molecule has 0 amide bonds. The number of hydrogen-bond donors (Lipinski definition) is 1. The Morgan fingerprint density at radius 1 is 1.42 bits per heavy atom. The van der Waals surface area contributed by atoms with Crippen LogP contribution >= 0.6 is 15.9 Å². The normalized spacial score (nSPS) is 28.6. The standard InChI is InChI=1S/C14H18BrFN2O/c15-12-7-9(16)1-4-11(12)14-13(8-17)19-6-5-18(14)10-2-3-10/h1,4,7,10,13-14H,2-3,5-6,8,17H2. The Morgan fingerprint density at radius 2 is 2.21 bits per heavy atom. The highest BCUT2D eigenvalue weighted by Crippen LogP contribution is 2.40. The molecule has 1 saturated carbocycles. The van der Waals surface area contributed by atoms with E-state index >= 15 is 0 Å². The molecule has 3 nitrogen and oxygen atoms in total. The summed E-state index contributed by atoms with van der Waals surface area (Å²) in [6.07, 6.45) is 2.47. The van der Waals surface area contributed by atoms with Crippen molar-refractivity contribution in [3.63, 3.8) is 0 Å². The molecule has 104 valence electrons. The Balaban J connectivity index is 1.95. The van der Waals surface area contributed by atoms with Crippen LogP contribution in [-0.4, -0.2) is 36.7 Å². The quantitative estimate of drug-likeness (QED) is 0.926. The Kier molecular flexibility index (Phi) is 3.89. The molecule has 1 aromatic carbocycles. The van der Waals surface area contributed by atoms with Crippen LogP contribution in [0.15, 0.2) is 22.7 Å². The summed E-state index contributed by atoms with van der Waals surface area (Å²) in [7, 11) is 0. The second-order valence-corrected chi connectivity index (χ2v) is 6.08. The van der Waals surface area contributed by atoms with Crippen LogP contribution in [0, 0.1) is 5.82 Å². The molecule has 1 aliphatic carbocycles. The molecule has 2 atom stereocenters.